The number of anilines is 1. The molecule has 0 aromatic carbocycles. The van der Waals surface area contributed by atoms with Gasteiger partial charge in [0.1, 0.15) is 15.7 Å². The van der Waals surface area contributed by atoms with E-state index in [1.54, 1.807) is 24.1 Å². The van der Waals surface area contributed by atoms with Crippen LogP contribution in [0.1, 0.15) is 11.3 Å². The van der Waals surface area contributed by atoms with Gasteiger partial charge in [-0.3, -0.25) is 0 Å². The van der Waals surface area contributed by atoms with E-state index in [-0.39, 0.29) is 12.4 Å². The van der Waals surface area contributed by atoms with Crippen molar-refractivity contribution in [1.29, 1.82) is 0 Å². The minimum Gasteiger partial charge on any atom is -0.392 e. The average Bonchev–Trinajstić information content (AvgIpc) is 2.23. The molecule has 0 saturated heterocycles. The van der Waals surface area contributed by atoms with Crippen molar-refractivity contribution in [2.24, 2.45) is 0 Å². The van der Waals surface area contributed by atoms with Crippen LogP contribution in [0.2, 0.25) is 0 Å². The third-order valence-corrected chi connectivity index (χ3v) is 3.29. The van der Waals surface area contributed by atoms with E-state index in [0.29, 0.717) is 12.4 Å². The van der Waals surface area contributed by atoms with Crippen LogP contribution in [0.3, 0.4) is 0 Å². The predicted molar refractivity (Wildman–Crippen MR) is 67.9 cm³/mol. The summed E-state index contributed by atoms with van der Waals surface area (Å²) in [5.41, 5.74) is 1.58. The Morgan fingerprint density at radius 1 is 1.41 bits per heavy atom. The van der Waals surface area contributed by atoms with Gasteiger partial charge in [-0.15, -0.1) is 0 Å². The van der Waals surface area contributed by atoms with Crippen LogP contribution in [0.15, 0.2) is 12.1 Å². The number of rotatable bonds is 5. The lowest BCUT2D eigenvalue weighted by molar-refractivity contribution is 0.281. The van der Waals surface area contributed by atoms with Gasteiger partial charge >= 0.3 is 0 Å². The van der Waals surface area contributed by atoms with Crippen LogP contribution in [0.25, 0.3) is 0 Å². The molecule has 1 heterocycles. The van der Waals surface area contributed by atoms with Gasteiger partial charge in [-0.2, -0.15) is 0 Å². The van der Waals surface area contributed by atoms with Crippen molar-refractivity contribution in [3.05, 3.63) is 23.4 Å². The summed E-state index contributed by atoms with van der Waals surface area (Å²) in [4.78, 5) is 6.07. The van der Waals surface area contributed by atoms with E-state index in [4.69, 9.17) is 5.11 Å². The van der Waals surface area contributed by atoms with E-state index >= 15 is 0 Å². The number of hydrogen-bond donors (Lipinski definition) is 1. The molecule has 0 unspecified atom stereocenters. The lowest BCUT2D eigenvalue weighted by Crippen LogP contribution is -2.25. The molecule has 0 radical (unpaired) electrons. The predicted octanol–water partition coefficient (Wildman–Crippen LogP) is 0.363. The van der Waals surface area contributed by atoms with Crippen molar-refractivity contribution in [2.75, 3.05) is 30.5 Å². The Bertz CT molecular complexity index is 485. The van der Waals surface area contributed by atoms with E-state index in [0.717, 1.165) is 11.3 Å². The van der Waals surface area contributed by atoms with Crippen molar-refractivity contribution >= 4 is 15.7 Å². The summed E-state index contributed by atoms with van der Waals surface area (Å²) >= 11 is 0. The van der Waals surface area contributed by atoms with Crippen LogP contribution in [0.5, 0.6) is 0 Å². The molecule has 0 fully saturated rings. The Kier molecular flexibility index (Phi) is 4.47. The van der Waals surface area contributed by atoms with Gasteiger partial charge in [-0.05, 0) is 24.6 Å². The van der Waals surface area contributed by atoms with Crippen molar-refractivity contribution in [1.82, 2.24) is 4.98 Å². The summed E-state index contributed by atoms with van der Waals surface area (Å²) in [7, 11) is -1.19. The molecule has 0 amide bonds. The van der Waals surface area contributed by atoms with Crippen molar-refractivity contribution in [3.63, 3.8) is 0 Å². The molecule has 1 N–H and O–H groups in total. The molecule has 17 heavy (non-hydrogen) atoms. The first-order valence-electron chi connectivity index (χ1n) is 5.29. The number of aryl methyl sites for hydroxylation is 1. The summed E-state index contributed by atoms with van der Waals surface area (Å²) < 4.78 is 22.1. The molecule has 1 rings (SSSR count). The second kappa shape index (κ2) is 5.46. The highest BCUT2D eigenvalue weighted by molar-refractivity contribution is 7.90. The summed E-state index contributed by atoms with van der Waals surface area (Å²) in [6, 6.07) is 3.56. The molecule has 0 aliphatic rings. The number of aliphatic hydroxyl groups excluding tert-OH is 1. The highest BCUT2D eigenvalue weighted by atomic mass is 32.2. The maximum absolute atomic E-state index is 11.1. The SMILES string of the molecule is Cc1cc(CO)cc(N(C)CCS(C)(=O)=O)n1. The van der Waals surface area contributed by atoms with Gasteiger partial charge in [-0.1, -0.05) is 0 Å². The van der Waals surface area contributed by atoms with Crippen molar-refractivity contribution in [2.45, 2.75) is 13.5 Å². The van der Waals surface area contributed by atoms with Crippen LogP contribution in [-0.2, 0) is 16.4 Å². The molecule has 5 nitrogen and oxygen atoms in total. The molecule has 0 aliphatic carbocycles. The lowest BCUT2D eigenvalue weighted by Gasteiger charge is -2.18. The molecule has 0 atom stereocenters. The molecule has 1 aromatic heterocycles. The van der Waals surface area contributed by atoms with Crippen molar-refractivity contribution < 1.29 is 13.5 Å². The van der Waals surface area contributed by atoms with Gasteiger partial charge in [0.2, 0.25) is 0 Å². The maximum atomic E-state index is 11.1. The second-order valence-corrected chi connectivity index (χ2v) is 6.44. The van der Waals surface area contributed by atoms with E-state index in [9.17, 15) is 8.42 Å². The molecular formula is C11H18N2O3S. The molecule has 0 spiro atoms. The zero-order valence-electron chi connectivity index (χ0n) is 10.3. The first kappa shape index (κ1) is 13.9. The third-order valence-electron chi connectivity index (χ3n) is 2.37. The fourth-order valence-corrected chi connectivity index (χ4v) is 2.03. The number of aliphatic hydroxyl groups is 1. The van der Waals surface area contributed by atoms with E-state index < -0.39 is 9.84 Å². The highest BCUT2D eigenvalue weighted by Crippen LogP contribution is 2.13. The minimum atomic E-state index is -2.97. The van der Waals surface area contributed by atoms with Gasteiger partial charge in [0, 0.05) is 25.5 Å². The summed E-state index contributed by atoms with van der Waals surface area (Å²) in [6.07, 6.45) is 1.21. The van der Waals surface area contributed by atoms with E-state index in [2.05, 4.69) is 4.98 Å². The summed E-state index contributed by atoms with van der Waals surface area (Å²) in [5, 5.41) is 9.09. The number of nitrogens with zero attached hydrogens (tertiary/aromatic N) is 2. The van der Waals surface area contributed by atoms with Crippen molar-refractivity contribution in [3.8, 4) is 0 Å². The monoisotopic (exact) mass is 258 g/mol. The van der Waals surface area contributed by atoms with Crippen LogP contribution in [-0.4, -0.2) is 44.1 Å². The van der Waals surface area contributed by atoms with Gasteiger partial charge in [-0.25, -0.2) is 13.4 Å². The van der Waals surface area contributed by atoms with Crippen LogP contribution < -0.4 is 4.90 Å². The number of aromatic nitrogens is 1. The summed E-state index contributed by atoms with van der Waals surface area (Å²) in [6.45, 7) is 2.18. The molecule has 1 aromatic rings. The Balaban J connectivity index is 2.81. The molecule has 0 aliphatic heterocycles. The van der Waals surface area contributed by atoms with E-state index in [1.807, 2.05) is 6.92 Å². The Hall–Kier alpha value is -1.14. The average molecular weight is 258 g/mol. The quantitative estimate of drug-likeness (QED) is 0.826. The van der Waals surface area contributed by atoms with Gasteiger partial charge in [0.15, 0.2) is 0 Å². The molecule has 6 heteroatoms. The lowest BCUT2D eigenvalue weighted by atomic mass is 10.2. The highest BCUT2D eigenvalue weighted by Gasteiger charge is 2.08. The maximum Gasteiger partial charge on any atom is 0.149 e. The fourth-order valence-electron chi connectivity index (χ4n) is 1.43. The standard InChI is InChI=1S/C11H18N2O3S/c1-9-6-10(8-14)7-11(12-9)13(2)4-5-17(3,15)16/h6-7,14H,4-5,8H2,1-3H3. The Morgan fingerprint density at radius 3 is 2.59 bits per heavy atom. The number of hydrogen-bond acceptors (Lipinski definition) is 5. The zero-order valence-corrected chi connectivity index (χ0v) is 11.2. The van der Waals surface area contributed by atoms with Gasteiger partial charge in [0.25, 0.3) is 0 Å². The van der Waals surface area contributed by atoms with Crippen LogP contribution in [0, 0.1) is 6.92 Å². The van der Waals surface area contributed by atoms with Crippen LogP contribution >= 0.6 is 0 Å². The first-order valence-corrected chi connectivity index (χ1v) is 7.35. The Morgan fingerprint density at radius 2 is 2.06 bits per heavy atom. The first-order chi connectivity index (χ1) is 7.81. The summed E-state index contributed by atoms with van der Waals surface area (Å²) in [5.74, 6) is 0.769. The zero-order chi connectivity index (χ0) is 13.1. The second-order valence-electron chi connectivity index (χ2n) is 4.18. The largest absolute Gasteiger partial charge is 0.392 e. The normalized spacial score (nSPS) is 11.5. The molecule has 0 bridgehead atoms. The van der Waals surface area contributed by atoms with Gasteiger partial charge in [0.05, 0.1) is 12.4 Å². The smallest absolute Gasteiger partial charge is 0.149 e. The molecular weight excluding hydrogens is 240 g/mol. The van der Waals surface area contributed by atoms with Crippen LogP contribution in [0.4, 0.5) is 5.82 Å². The fraction of sp³-hybridized carbons (Fsp3) is 0.545. The number of sulfone groups is 1. The van der Waals surface area contributed by atoms with Gasteiger partial charge < -0.3 is 10.0 Å². The molecule has 0 saturated carbocycles. The van der Waals surface area contributed by atoms with E-state index in [1.165, 1.54) is 6.26 Å². The number of pyridine rings is 1. The molecule has 96 valence electrons. The minimum absolute atomic E-state index is 0.0454. The Labute approximate surface area is 102 Å². The third kappa shape index (κ3) is 4.70. The topological polar surface area (TPSA) is 70.5 Å².